The van der Waals surface area contributed by atoms with E-state index in [1.165, 1.54) is 12.4 Å². The lowest BCUT2D eigenvalue weighted by Gasteiger charge is -2.05. The molecule has 0 atom stereocenters. The van der Waals surface area contributed by atoms with Gasteiger partial charge in [-0.15, -0.1) is 0 Å². The van der Waals surface area contributed by atoms with Crippen molar-refractivity contribution < 1.29 is 14.7 Å². The molecule has 0 radical (unpaired) electrons. The molecule has 0 saturated heterocycles. The fourth-order valence-corrected chi connectivity index (χ4v) is 2.96. The molecule has 30 heavy (non-hydrogen) atoms. The van der Waals surface area contributed by atoms with Gasteiger partial charge in [-0.3, -0.25) is 9.59 Å². The maximum atomic E-state index is 12.0. The van der Waals surface area contributed by atoms with Crippen LogP contribution in [0.4, 0.5) is 0 Å². The van der Waals surface area contributed by atoms with Crippen molar-refractivity contribution in [1.82, 2.24) is 10.9 Å². The number of halogens is 1. The third kappa shape index (κ3) is 5.62. The number of hydrogen-bond acceptors (Lipinski definition) is 5. The molecule has 8 heteroatoms. The number of nitrogens with one attached hydrogen (secondary N) is 2. The van der Waals surface area contributed by atoms with Crippen molar-refractivity contribution in [2.75, 3.05) is 0 Å². The van der Waals surface area contributed by atoms with Gasteiger partial charge in [0.1, 0.15) is 5.75 Å². The number of hydrazone groups is 2. The van der Waals surface area contributed by atoms with Crippen LogP contribution in [0.5, 0.6) is 5.75 Å². The minimum atomic E-state index is -0.369. The van der Waals surface area contributed by atoms with Crippen LogP contribution in [0, 0.1) is 0 Å². The minimum Gasteiger partial charge on any atom is -0.507 e. The van der Waals surface area contributed by atoms with Gasteiger partial charge in [0, 0.05) is 26.7 Å². The summed E-state index contributed by atoms with van der Waals surface area (Å²) in [7, 11) is 0. The zero-order chi connectivity index (χ0) is 21.3. The second-order valence-corrected chi connectivity index (χ2v) is 6.98. The number of benzene rings is 3. The molecule has 0 aromatic heterocycles. The van der Waals surface area contributed by atoms with E-state index in [-0.39, 0.29) is 17.6 Å². The fraction of sp³-hybridized carbons (Fsp3) is 0. The molecule has 0 spiro atoms. The molecule has 3 rings (SSSR count). The first-order valence-electron chi connectivity index (χ1n) is 8.84. The lowest BCUT2D eigenvalue weighted by atomic mass is 10.1. The first kappa shape index (κ1) is 20.9. The predicted octanol–water partition coefficient (Wildman–Crippen LogP) is 3.68. The van der Waals surface area contributed by atoms with Gasteiger partial charge in [0.2, 0.25) is 0 Å². The van der Waals surface area contributed by atoms with E-state index in [1.54, 1.807) is 60.7 Å². The molecule has 3 N–H and O–H groups in total. The smallest absolute Gasteiger partial charge is 0.271 e. The maximum Gasteiger partial charge on any atom is 0.271 e. The summed E-state index contributed by atoms with van der Waals surface area (Å²) in [5, 5.41) is 18.2. The number of phenols is 1. The first-order valence-corrected chi connectivity index (χ1v) is 9.63. The van der Waals surface area contributed by atoms with Crippen LogP contribution in [0.25, 0.3) is 0 Å². The van der Waals surface area contributed by atoms with E-state index in [4.69, 9.17) is 0 Å². The van der Waals surface area contributed by atoms with Crippen molar-refractivity contribution >= 4 is 40.2 Å². The van der Waals surface area contributed by atoms with E-state index in [0.717, 1.165) is 0 Å². The molecule has 0 saturated carbocycles. The Labute approximate surface area is 181 Å². The minimum absolute atomic E-state index is 0.103. The molecule has 0 aliphatic heterocycles. The summed E-state index contributed by atoms with van der Waals surface area (Å²) in [6, 6.07) is 20.6. The van der Waals surface area contributed by atoms with E-state index in [0.29, 0.717) is 26.7 Å². The van der Waals surface area contributed by atoms with Crippen LogP contribution in [0.15, 0.2) is 87.5 Å². The van der Waals surface area contributed by atoms with Gasteiger partial charge in [0.05, 0.1) is 12.4 Å². The number of amides is 2. The molecule has 0 aliphatic rings. The van der Waals surface area contributed by atoms with Crippen molar-refractivity contribution in [3.05, 3.63) is 99.5 Å². The van der Waals surface area contributed by atoms with Gasteiger partial charge in [0.15, 0.2) is 0 Å². The third-order valence-corrected chi connectivity index (χ3v) is 4.40. The van der Waals surface area contributed by atoms with Crippen molar-refractivity contribution in [1.29, 1.82) is 0 Å². The van der Waals surface area contributed by atoms with Crippen LogP contribution in [0.3, 0.4) is 0 Å². The van der Waals surface area contributed by atoms with Gasteiger partial charge >= 0.3 is 0 Å². The Hall–Kier alpha value is -3.78. The molecule has 3 aromatic rings. The van der Waals surface area contributed by atoms with Crippen LogP contribution < -0.4 is 10.9 Å². The summed E-state index contributed by atoms with van der Waals surface area (Å²) < 4.78 is 0.659. The fourth-order valence-electron chi connectivity index (χ4n) is 2.47. The molecule has 0 fully saturated rings. The van der Waals surface area contributed by atoms with Crippen molar-refractivity contribution in [2.45, 2.75) is 0 Å². The van der Waals surface area contributed by atoms with Gasteiger partial charge in [-0.1, -0.05) is 52.3 Å². The Morgan fingerprint density at radius 2 is 1.17 bits per heavy atom. The highest BCUT2D eigenvalue weighted by molar-refractivity contribution is 9.10. The molecule has 0 aliphatic carbocycles. The normalized spacial score (nSPS) is 11.0. The van der Waals surface area contributed by atoms with Crippen LogP contribution in [0.2, 0.25) is 0 Å². The molecule has 2 amide bonds. The van der Waals surface area contributed by atoms with Crippen LogP contribution >= 0.6 is 15.9 Å². The Balaban J connectivity index is 1.68. The summed E-state index contributed by atoms with van der Waals surface area (Å²) in [5.41, 5.74) is 6.45. The first-order chi connectivity index (χ1) is 14.5. The van der Waals surface area contributed by atoms with Crippen LogP contribution in [-0.4, -0.2) is 29.4 Å². The van der Waals surface area contributed by atoms with Gasteiger partial charge in [-0.05, 0) is 36.4 Å². The van der Waals surface area contributed by atoms with Gasteiger partial charge in [-0.2, -0.15) is 10.2 Å². The molecule has 150 valence electrons. The number of hydrogen-bond donors (Lipinski definition) is 3. The Morgan fingerprint density at radius 1 is 0.767 bits per heavy atom. The topological polar surface area (TPSA) is 103 Å². The Bertz CT molecular complexity index is 1020. The quantitative estimate of drug-likeness (QED) is 0.382. The average molecular weight is 465 g/mol. The summed E-state index contributed by atoms with van der Waals surface area (Å²) >= 11 is 3.35. The monoisotopic (exact) mass is 464 g/mol. The number of carbonyl (C=O) groups excluding carboxylic acids is 2. The summed E-state index contributed by atoms with van der Waals surface area (Å²) in [6.45, 7) is 0. The lowest BCUT2D eigenvalue weighted by molar-refractivity contribution is 0.0947. The van der Waals surface area contributed by atoms with E-state index in [2.05, 4.69) is 37.0 Å². The van der Waals surface area contributed by atoms with Gasteiger partial charge < -0.3 is 5.11 Å². The van der Waals surface area contributed by atoms with Crippen molar-refractivity contribution in [3.63, 3.8) is 0 Å². The highest BCUT2D eigenvalue weighted by atomic mass is 79.9. The number of phenolic OH excluding ortho intramolecular Hbond substituents is 1. The summed E-state index contributed by atoms with van der Waals surface area (Å²) in [5.74, 6) is -0.841. The van der Waals surface area contributed by atoms with Crippen molar-refractivity contribution in [2.24, 2.45) is 10.2 Å². The second-order valence-electron chi connectivity index (χ2n) is 6.06. The molecule has 0 heterocycles. The van der Waals surface area contributed by atoms with E-state index >= 15 is 0 Å². The molecule has 0 unspecified atom stereocenters. The average Bonchev–Trinajstić information content (AvgIpc) is 2.77. The zero-order valence-electron chi connectivity index (χ0n) is 15.6. The summed E-state index contributed by atoms with van der Waals surface area (Å²) in [4.78, 5) is 24.0. The zero-order valence-corrected chi connectivity index (χ0v) is 17.2. The highest BCUT2D eigenvalue weighted by Gasteiger charge is 2.08. The van der Waals surface area contributed by atoms with Crippen LogP contribution in [-0.2, 0) is 0 Å². The second kappa shape index (κ2) is 10.1. The lowest BCUT2D eigenvalue weighted by Crippen LogP contribution is -2.17. The highest BCUT2D eigenvalue weighted by Crippen LogP contribution is 2.25. The van der Waals surface area contributed by atoms with Crippen molar-refractivity contribution in [3.8, 4) is 5.75 Å². The standard InChI is InChI=1S/C22H17BrN4O3/c23-19-11-17(13-24-26-21(29)15-7-3-1-4-8-15)20(28)18(12-19)14-25-27-22(30)16-9-5-2-6-10-16/h1-14,28H,(H,26,29)(H,27,30)/b24-13-,25-14-. The number of carbonyl (C=O) groups is 2. The van der Waals surface area contributed by atoms with Gasteiger partial charge in [0.25, 0.3) is 11.8 Å². The molecule has 3 aromatic carbocycles. The van der Waals surface area contributed by atoms with E-state index in [1.807, 2.05) is 12.1 Å². The largest absolute Gasteiger partial charge is 0.507 e. The van der Waals surface area contributed by atoms with Crippen LogP contribution in [0.1, 0.15) is 31.8 Å². The molecule has 7 nitrogen and oxygen atoms in total. The number of rotatable bonds is 6. The third-order valence-electron chi connectivity index (χ3n) is 3.95. The molecular weight excluding hydrogens is 448 g/mol. The van der Waals surface area contributed by atoms with E-state index < -0.39 is 0 Å². The Morgan fingerprint density at radius 3 is 1.57 bits per heavy atom. The molecule has 0 bridgehead atoms. The number of nitrogens with zero attached hydrogens (tertiary/aromatic N) is 2. The van der Waals surface area contributed by atoms with E-state index in [9.17, 15) is 14.7 Å². The van der Waals surface area contributed by atoms with Gasteiger partial charge in [-0.25, -0.2) is 10.9 Å². The maximum absolute atomic E-state index is 12.0. The molecular formula is C22H17BrN4O3. The predicted molar refractivity (Wildman–Crippen MR) is 119 cm³/mol. The summed E-state index contributed by atoms with van der Waals surface area (Å²) in [6.07, 6.45) is 2.64. The number of aromatic hydroxyl groups is 1. The Kier molecular flexibility index (Phi) is 7.07. The SMILES string of the molecule is O=C(N/N=C\c1cc(Br)cc(/C=N\NC(=O)c2ccccc2)c1O)c1ccccc1.